The first kappa shape index (κ1) is 12.1. The summed E-state index contributed by atoms with van der Waals surface area (Å²) in [5.41, 5.74) is 3.86. The molecule has 0 radical (unpaired) electrons. The minimum Gasteiger partial charge on any atom is -0.475 e. The molecule has 0 aliphatic carbocycles. The number of nitrogens with two attached hydrogens (primary N) is 1. The zero-order valence-corrected chi connectivity index (χ0v) is 8.69. The Hall–Kier alpha value is -2.38. The van der Waals surface area contributed by atoms with Gasteiger partial charge in [0.15, 0.2) is 0 Å². The summed E-state index contributed by atoms with van der Waals surface area (Å²) < 4.78 is 38.2. The molecule has 1 aromatic heterocycles. The number of anilines is 1. The summed E-state index contributed by atoms with van der Waals surface area (Å²) in [6.45, 7) is 0. The third-order valence-corrected chi connectivity index (χ3v) is 2.25. The quantitative estimate of drug-likeness (QED) is 0.814. The van der Waals surface area contributed by atoms with Crippen LogP contribution in [-0.4, -0.2) is 21.0 Å². The number of aromatic carboxylic acids is 1. The third kappa shape index (κ3) is 1.92. The minimum absolute atomic E-state index is 0.0326. The third-order valence-electron chi connectivity index (χ3n) is 2.25. The standard InChI is InChI=1S/C10H6F3N3O2/c11-10(12,13)5-3-1-2-4-6(5)15-8(9(17)18)16-7(4)14/h1-3H,(H,17,18)(H2,14,15,16). The van der Waals surface area contributed by atoms with E-state index in [0.717, 1.165) is 12.1 Å². The van der Waals surface area contributed by atoms with Gasteiger partial charge in [0.25, 0.3) is 0 Å². The molecular formula is C10H6F3N3O2. The first-order valence-electron chi connectivity index (χ1n) is 4.67. The van der Waals surface area contributed by atoms with E-state index in [9.17, 15) is 18.0 Å². The predicted octanol–water partition coefficient (Wildman–Crippen LogP) is 1.93. The maximum absolute atomic E-state index is 12.7. The van der Waals surface area contributed by atoms with Crippen LogP contribution in [0.2, 0.25) is 0 Å². The lowest BCUT2D eigenvalue weighted by Crippen LogP contribution is -2.11. The highest BCUT2D eigenvalue weighted by Gasteiger charge is 2.33. The topological polar surface area (TPSA) is 89.1 Å². The number of nitrogens with zero attached hydrogens (tertiary/aromatic N) is 2. The number of fused-ring (bicyclic) bond motifs is 1. The molecule has 18 heavy (non-hydrogen) atoms. The number of para-hydroxylation sites is 1. The van der Waals surface area contributed by atoms with Gasteiger partial charge in [0, 0.05) is 5.39 Å². The second kappa shape index (κ2) is 3.83. The Morgan fingerprint density at radius 1 is 1.28 bits per heavy atom. The molecule has 2 aromatic rings. The fraction of sp³-hybridized carbons (Fsp3) is 0.100. The molecule has 0 aliphatic heterocycles. The summed E-state index contributed by atoms with van der Waals surface area (Å²) in [5.74, 6) is -2.61. The normalized spacial score (nSPS) is 11.7. The Kier molecular flexibility index (Phi) is 2.57. The molecule has 0 saturated heterocycles. The number of benzene rings is 1. The number of carboxylic acids is 1. The van der Waals surface area contributed by atoms with E-state index in [0.29, 0.717) is 0 Å². The number of nitrogen functional groups attached to an aromatic ring is 1. The van der Waals surface area contributed by atoms with Crippen molar-refractivity contribution in [3.63, 3.8) is 0 Å². The van der Waals surface area contributed by atoms with Crippen molar-refractivity contribution in [3.8, 4) is 0 Å². The Balaban J connectivity index is 2.86. The van der Waals surface area contributed by atoms with Crippen LogP contribution in [0.3, 0.4) is 0 Å². The maximum atomic E-state index is 12.7. The molecule has 2 rings (SSSR count). The number of aromatic nitrogens is 2. The minimum atomic E-state index is -4.64. The molecule has 1 aromatic carbocycles. The molecule has 3 N–H and O–H groups in total. The molecule has 0 aliphatic rings. The summed E-state index contributed by atoms with van der Waals surface area (Å²) in [6.07, 6.45) is -4.64. The number of carboxylic acid groups (broad SMARTS) is 1. The van der Waals surface area contributed by atoms with E-state index in [1.165, 1.54) is 6.07 Å². The summed E-state index contributed by atoms with van der Waals surface area (Å²) >= 11 is 0. The van der Waals surface area contributed by atoms with Crippen LogP contribution in [0.25, 0.3) is 10.9 Å². The van der Waals surface area contributed by atoms with Crippen molar-refractivity contribution in [1.29, 1.82) is 0 Å². The number of halogens is 3. The van der Waals surface area contributed by atoms with Crippen molar-refractivity contribution in [2.45, 2.75) is 6.18 Å². The SMILES string of the molecule is Nc1nc(C(=O)O)nc2c(C(F)(F)F)cccc12. The second-order valence-electron chi connectivity index (χ2n) is 3.44. The average Bonchev–Trinajstić information content (AvgIpc) is 2.26. The predicted molar refractivity (Wildman–Crippen MR) is 55.9 cm³/mol. The molecule has 0 fully saturated rings. The van der Waals surface area contributed by atoms with Gasteiger partial charge in [-0.05, 0) is 12.1 Å². The summed E-state index contributed by atoms with van der Waals surface area (Å²) in [4.78, 5) is 17.5. The monoisotopic (exact) mass is 257 g/mol. The number of alkyl halides is 3. The van der Waals surface area contributed by atoms with Gasteiger partial charge in [0.2, 0.25) is 5.82 Å². The van der Waals surface area contributed by atoms with Crippen molar-refractivity contribution in [2.24, 2.45) is 0 Å². The van der Waals surface area contributed by atoms with Gasteiger partial charge in [-0.15, -0.1) is 0 Å². The van der Waals surface area contributed by atoms with Gasteiger partial charge < -0.3 is 10.8 Å². The number of rotatable bonds is 1. The Morgan fingerprint density at radius 3 is 2.50 bits per heavy atom. The van der Waals surface area contributed by atoms with E-state index in [1.54, 1.807) is 0 Å². The van der Waals surface area contributed by atoms with E-state index in [1.807, 2.05) is 0 Å². The number of carbonyl (C=O) groups is 1. The van der Waals surface area contributed by atoms with Gasteiger partial charge in [-0.1, -0.05) is 6.07 Å². The van der Waals surface area contributed by atoms with Crippen LogP contribution in [-0.2, 0) is 6.18 Å². The van der Waals surface area contributed by atoms with Crippen molar-refractivity contribution in [3.05, 3.63) is 29.6 Å². The number of hydrogen-bond donors (Lipinski definition) is 2. The van der Waals surface area contributed by atoms with Crippen molar-refractivity contribution in [2.75, 3.05) is 5.73 Å². The van der Waals surface area contributed by atoms with Gasteiger partial charge in [-0.3, -0.25) is 0 Å². The largest absolute Gasteiger partial charge is 0.475 e. The van der Waals surface area contributed by atoms with E-state index in [4.69, 9.17) is 10.8 Å². The molecular weight excluding hydrogens is 251 g/mol. The van der Waals surface area contributed by atoms with Crippen LogP contribution >= 0.6 is 0 Å². The first-order valence-corrected chi connectivity index (χ1v) is 4.67. The van der Waals surface area contributed by atoms with E-state index < -0.39 is 29.1 Å². The van der Waals surface area contributed by atoms with Crippen LogP contribution in [0.5, 0.6) is 0 Å². The Morgan fingerprint density at radius 2 is 1.94 bits per heavy atom. The lowest BCUT2D eigenvalue weighted by Gasteiger charge is -2.10. The molecule has 8 heteroatoms. The zero-order chi connectivity index (χ0) is 13.5. The average molecular weight is 257 g/mol. The summed E-state index contributed by atoms with van der Waals surface area (Å²) in [7, 11) is 0. The Bertz CT molecular complexity index is 640. The highest BCUT2D eigenvalue weighted by molar-refractivity contribution is 5.94. The zero-order valence-electron chi connectivity index (χ0n) is 8.69. The maximum Gasteiger partial charge on any atom is 0.418 e. The fourth-order valence-electron chi connectivity index (χ4n) is 1.50. The molecule has 0 saturated carbocycles. The molecule has 0 spiro atoms. The van der Waals surface area contributed by atoms with Crippen LogP contribution in [0.15, 0.2) is 18.2 Å². The Labute approximate surface area is 98.1 Å². The van der Waals surface area contributed by atoms with E-state index >= 15 is 0 Å². The van der Waals surface area contributed by atoms with E-state index in [2.05, 4.69) is 9.97 Å². The van der Waals surface area contributed by atoms with E-state index in [-0.39, 0.29) is 11.2 Å². The molecule has 5 nitrogen and oxygen atoms in total. The van der Waals surface area contributed by atoms with Gasteiger partial charge >= 0.3 is 12.1 Å². The van der Waals surface area contributed by atoms with Gasteiger partial charge in [0.1, 0.15) is 5.82 Å². The summed E-state index contributed by atoms with van der Waals surface area (Å²) in [5, 5.41) is 8.67. The van der Waals surface area contributed by atoms with Crippen LogP contribution in [0.1, 0.15) is 16.2 Å². The van der Waals surface area contributed by atoms with Crippen molar-refractivity contribution < 1.29 is 23.1 Å². The van der Waals surface area contributed by atoms with Crippen LogP contribution in [0.4, 0.5) is 19.0 Å². The van der Waals surface area contributed by atoms with Crippen molar-refractivity contribution >= 4 is 22.7 Å². The number of hydrogen-bond acceptors (Lipinski definition) is 4. The smallest absolute Gasteiger partial charge is 0.418 e. The molecule has 1 heterocycles. The lowest BCUT2D eigenvalue weighted by molar-refractivity contribution is -0.136. The van der Waals surface area contributed by atoms with Crippen molar-refractivity contribution in [1.82, 2.24) is 9.97 Å². The summed E-state index contributed by atoms with van der Waals surface area (Å²) in [6, 6.07) is 3.26. The van der Waals surface area contributed by atoms with Crippen LogP contribution < -0.4 is 5.73 Å². The van der Waals surface area contributed by atoms with Gasteiger partial charge in [0.05, 0.1) is 11.1 Å². The molecule has 0 bridgehead atoms. The molecule has 0 unspecified atom stereocenters. The second-order valence-corrected chi connectivity index (χ2v) is 3.44. The molecule has 0 atom stereocenters. The lowest BCUT2D eigenvalue weighted by atomic mass is 10.1. The fourth-order valence-corrected chi connectivity index (χ4v) is 1.50. The first-order chi connectivity index (χ1) is 8.30. The van der Waals surface area contributed by atoms with Gasteiger partial charge in [-0.25, -0.2) is 14.8 Å². The highest BCUT2D eigenvalue weighted by atomic mass is 19.4. The van der Waals surface area contributed by atoms with Crippen LogP contribution in [0, 0.1) is 0 Å². The molecule has 94 valence electrons. The highest BCUT2D eigenvalue weighted by Crippen LogP contribution is 2.34. The van der Waals surface area contributed by atoms with Gasteiger partial charge in [-0.2, -0.15) is 13.2 Å². The molecule has 0 amide bonds.